The Kier molecular flexibility index (Phi) is 6.31. The van der Waals surface area contributed by atoms with Crippen LogP contribution in [0.5, 0.6) is 0 Å². The first-order chi connectivity index (χ1) is 11.7. The Morgan fingerprint density at radius 3 is 2.68 bits per heavy atom. The van der Waals surface area contributed by atoms with Crippen LogP contribution in [0.3, 0.4) is 0 Å². The van der Waals surface area contributed by atoms with Crippen molar-refractivity contribution in [2.45, 2.75) is 26.1 Å². The van der Waals surface area contributed by atoms with E-state index in [1.165, 1.54) is 6.07 Å². The van der Waals surface area contributed by atoms with E-state index < -0.39 is 21.6 Å². The zero-order chi connectivity index (χ0) is 18.5. The van der Waals surface area contributed by atoms with Gasteiger partial charge in [-0.25, -0.2) is 13.4 Å². The number of rotatable bonds is 5. The maximum absolute atomic E-state index is 12.7. The lowest BCUT2D eigenvalue weighted by Gasteiger charge is -2.14. The molecule has 1 unspecified atom stereocenters. The molecule has 0 aromatic heterocycles. The summed E-state index contributed by atoms with van der Waals surface area (Å²) in [6.07, 6.45) is -3.77. The Morgan fingerprint density at radius 2 is 2.08 bits per heavy atom. The van der Waals surface area contributed by atoms with Crippen LogP contribution in [0.25, 0.3) is 0 Å². The van der Waals surface area contributed by atoms with Crippen molar-refractivity contribution in [3.63, 3.8) is 0 Å². The number of halogens is 3. The van der Waals surface area contributed by atoms with Crippen molar-refractivity contribution in [2.24, 2.45) is 10.9 Å². The van der Waals surface area contributed by atoms with E-state index in [2.05, 4.69) is 15.6 Å². The molecule has 1 saturated heterocycles. The van der Waals surface area contributed by atoms with Gasteiger partial charge in [0, 0.05) is 13.1 Å². The number of alkyl halides is 3. The zero-order valence-electron chi connectivity index (χ0n) is 13.9. The third kappa shape index (κ3) is 6.22. The molecule has 2 N–H and O–H groups in total. The fraction of sp³-hybridized carbons (Fsp3) is 0.562. The van der Waals surface area contributed by atoms with Crippen molar-refractivity contribution < 1.29 is 21.6 Å². The molecule has 1 fully saturated rings. The monoisotopic (exact) mass is 377 g/mol. The number of benzene rings is 1. The van der Waals surface area contributed by atoms with Crippen molar-refractivity contribution in [1.82, 2.24) is 10.6 Å². The SMILES string of the molecule is CCNC(=NCc1cccc(C(F)(F)F)c1)NCC1CCS(=O)(=O)C1. The first-order valence-electron chi connectivity index (χ1n) is 8.08. The zero-order valence-corrected chi connectivity index (χ0v) is 14.8. The van der Waals surface area contributed by atoms with Gasteiger partial charge < -0.3 is 10.6 Å². The summed E-state index contributed by atoms with van der Waals surface area (Å²) in [7, 11) is -2.94. The molecule has 0 amide bonds. The van der Waals surface area contributed by atoms with Gasteiger partial charge in [0.25, 0.3) is 0 Å². The number of hydrogen-bond donors (Lipinski definition) is 2. The fourth-order valence-corrected chi connectivity index (χ4v) is 4.49. The average Bonchev–Trinajstić information content (AvgIpc) is 2.89. The molecular formula is C16H22F3N3O2S. The second kappa shape index (κ2) is 8.07. The molecular weight excluding hydrogens is 355 g/mol. The Labute approximate surface area is 145 Å². The van der Waals surface area contributed by atoms with Gasteiger partial charge in [0.2, 0.25) is 0 Å². The highest BCUT2D eigenvalue weighted by atomic mass is 32.2. The van der Waals surface area contributed by atoms with Crippen LogP contribution >= 0.6 is 0 Å². The molecule has 9 heteroatoms. The van der Waals surface area contributed by atoms with Crippen LogP contribution < -0.4 is 10.6 Å². The Hall–Kier alpha value is -1.77. The van der Waals surface area contributed by atoms with E-state index in [0.717, 1.165) is 12.1 Å². The summed E-state index contributed by atoms with van der Waals surface area (Å²) in [6.45, 7) is 3.04. The third-order valence-electron chi connectivity index (χ3n) is 3.90. The highest BCUT2D eigenvalue weighted by molar-refractivity contribution is 7.91. The van der Waals surface area contributed by atoms with Crippen molar-refractivity contribution in [2.75, 3.05) is 24.6 Å². The maximum Gasteiger partial charge on any atom is 0.416 e. The standard InChI is InChI=1S/C16H22F3N3O2S/c1-2-20-15(22-10-13-6-7-25(23,24)11-13)21-9-12-4-3-5-14(8-12)16(17,18)19/h3-5,8,13H,2,6-7,9-11H2,1H3,(H2,20,21,22). The maximum atomic E-state index is 12.7. The van der Waals surface area contributed by atoms with E-state index in [0.29, 0.717) is 31.0 Å². The van der Waals surface area contributed by atoms with Gasteiger partial charge in [-0.3, -0.25) is 0 Å². The number of nitrogens with one attached hydrogen (secondary N) is 2. The summed E-state index contributed by atoms with van der Waals surface area (Å²) in [6, 6.07) is 5.05. The second-order valence-corrected chi connectivity index (χ2v) is 8.27. The molecule has 2 rings (SSSR count). The molecule has 1 aliphatic heterocycles. The van der Waals surface area contributed by atoms with Crippen LogP contribution in [0.2, 0.25) is 0 Å². The van der Waals surface area contributed by atoms with E-state index in [1.54, 1.807) is 6.07 Å². The predicted octanol–water partition coefficient (Wildman–Crippen LogP) is 2.20. The topological polar surface area (TPSA) is 70.6 Å². The van der Waals surface area contributed by atoms with Crippen LogP contribution in [0, 0.1) is 5.92 Å². The molecule has 0 aliphatic carbocycles. The molecule has 0 bridgehead atoms. The number of aliphatic imine (C=N–C) groups is 1. The van der Waals surface area contributed by atoms with E-state index >= 15 is 0 Å². The lowest BCUT2D eigenvalue weighted by Crippen LogP contribution is -2.40. The Bertz CT molecular complexity index is 718. The van der Waals surface area contributed by atoms with Gasteiger partial charge in [0.1, 0.15) is 0 Å². The molecule has 5 nitrogen and oxygen atoms in total. The number of sulfone groups is 1. The summed E-state index contributed by atoms with van der Waals surface area (Å²) in [5.74, 6) is 0.858. The van der Waals surface area contributed by atoms with Crippen molar-refractivity contribution in [1.29, 1.82) is 0 Å². The minimum atomic E-state index is -4.38. The Morgan fingerprint density at radius 1 is 1.32 bits per heavy atom. The highest BCUT2D eigenvalue weighted by Gasteiger charge is 2.30. The average molecular weight is 377 g/mol. The van der Waals surface area contributed by atoms with Gasteiger partial charge in [-0.05, 0) is 37.0 Å². The van der Waals surface area contributed by atoms with Crippen LogP contribution in [0.1, 0.15) is 24.5 Å². The van der Waals surface area contributed by atoms with Crippen LogP contribution in [-0.4, -0.2) is 39.0 Å². The summed E-state index contributed by atoms with van der Waals surface area (Å²) in [5.41, 5.74) is -0.246. The molecule has 140 valence electrons. The van der Waals surface area contributed by atoms with Gasteiger partial charge in [-0.1, -0.05) is 12.1 Å². The van der Waals surface area contributed by atoms with Gasteiger partial charge >= 0.3 is 6.18 Å². The van der Waals surface area contributed by atoms with Crippen LogP contribution in [-0.2, 0) is 22.6 Å². The minimum Gasteiger partial charge on any atom is -0.357 e. The van der Waals surface area contributed by atoms with E-state index in [-0.39, 0.29) is 24.0 Å². The van der Waals surface area contributed by atoms with Gasteiger partial charge in [-0.15, -0.1) is 0 Å². The molecule has 1 aromatic carbocycles. The van der Waals surface area contributed by atoms with Gasteiger partial charge in [0.15, 0.2) is 15.8 Å². The molecule has 0 spiro atoms. The lowest BCUT2D eigenvalue weighted by atomic mass is 10.1. The highest BCUT2D eigenvalue weighted by Crippen LogP contribution is 2.29. The van der Waals surface area contributed by atoms with E-state index in [1.807, 2.05) is 6.92 Å². The molecule has 1 atom stereocenters. The molecule has 1 aliphatic rings. The number of hydrogen-bond acceptors (Lipinski definition) is 3. The second-order valence-electron chi connectivity index (χ2n) is 6.04. The normalized spacial score (nSPS) is 20.5. The van der Waals surface area contributed by atoms with Crippen LogP contribution in [0.15, 0.2) is 29.3 Å². The fourth-order valence-electron chi connectivity index (χ4n) is 2.63. The quantitative estimate of drug-likeness (QED) is 0.610. The van der Waals surface area contributed by atoms with Crippen molar-refractivity contribution >= 4 is 15.8 Å². The number of guanidine groups is 1. The third-order valence-corrected chi connectivity index (χ3v) is 5.74. The first-order valence-corrected chi connectivity index (χ1v) is 9.90. The minimum absolute atomic E-state index is 0.0300. The smallest absolute Gasteiger partial charge is 0.357 e. The molecule has 1 heterocycles. The van der Waals surface area contributed by atoms with Crippen LogP contribution in [0.4, 0.5) is 13.2 Å². The largest absolute Gasteiger partial charge is 0.416 e. The molecule has 1 aromatic rings. The summed E-state index contributed by atoms with van der Waals surface area (Å²) in [4.78, 5) is 4.28. The first kappa shape index (κ1) is 19.6. The van der Waals surface area contributed by atoms with E-state index in [4.69, 9.17) is 0 Å². The summed E-state index contributed by atoms with van der Waals surface area (Å²) in [5, 5.41) is 6.08. The molecule has 25 heavy (non-hydrogen) atoms. The molecule has 0 radical (unpaired) electrons. The van der Waals surface area contributed by atoms with Gasteiger partial charge in [0.05, 0.1) is 23.6 Å². The lowest BCUT2D eigenvalue weighted by molar-refractivity contribution is -0.137. The summed E-state index contributed by atoms with van der Waals surface area (Å²) >= 11 is 0. The molecule has 0 saturated carbocycles. The van der Waals surface area contributed by atoms with Crippen molar-refractivity contribution in [3.8, 4) is 0 Å². The van der Waals surface area contributed by atoms with Crippen molar-refractivity contribution in [3.05, 3.63) is 35.4 Å². The van der Waals surface area contributed by atoms with E-state index in [9.17, 15) is 21.6 Å². The predicted molar refractivity (Wildman–Crippen MR) is 91.0 cm³/mol. The summed E-state index contributed by atoms with van der Waals surface area (Å²) < 4.78 is 61.1. The Balaban J connectivity index is 1.97. The number of nitrogens with zero attached hydrogens (tertiary/aromatic N) is 1. The van der Waals surface area contributed by atoms with Gasteiger partial charge in [-0.2, -0.15) is 13.2 Å².